The first-order valence-electron chi connectivity index (χ1n) is 10.9. The first-order valence-corrected chi connectivity index (χ1v) is 10.9. The minimum absolute atomic E-state index is 0.198. The lowest BCUT2D eigenvalue weighted by Crippen LogP contribution is -2.49. The van der Waals surface area contributed by atoms with Crippen LogP contribution in [0, 0.1) is 13.8 Å². The van der Waals surface area contributed by atoms with Gasteiger partial charge in [0, 0.05) is 12.6 Å². The highest BCUT2D eigenvalue weighted by Crippen LogP contribution is 2.20. The molecule has 2 aromatic rings. The fourth-order valence-electron chi connectivity index (χ4n) is 3.08. The van der Waals surface area contributed by atoms with E-state index in [1.54, 1.807) is 0 Å². The van der Waals surface area contributed by atoms with Crippen molar-refractivity contribution in [1.29, 1.82) is 0 Å². The van der Waals surface area contributed by atoms with Crippen LogP contribution in [0.2, 0.25) is 0 Å². The van der Waals surface area contributed by atoms with Crippen LogP contribution in [0.3, 0.4) is 0 Å². The maximum atomic E-state index is 12.6. The molecule has 3 unspecified atom stereocenters. The van der Waals surface area contributed by atoms with Gasteiger partial charge in [0.05, 0.1) is 0 Å². The molecule has 2 amide bonds. The molecule has 2 N–H and O–H groups in total. The molecule has 0 aliphatic heterocycles. The highest BCUT2D eigenvalue weighted by atomic mass is 16.5. The molecule has 2 aromatic carbocycles. The van der Waals surface area contributed by atoms with Gasteiger partial charge in [-0.15, -0.1) is 0 Å². The van der Waals surface area contributed by atoms with E-state index in [1.807, 2.05) is 83.1 Å². The number of benzene rings is 2. The molecule has 0 saturated carbocycles. The SMILES string of the molecule is CCC(Oc1ccccc1C)C(=O)NCC(C)NC(=O)C(CC)Oc1ccccc1C. The summed E-state index contributed by atoms with van der Waals surface area (Å²) in [6.45, 7) is 9.86. The van der Waals surface area contributed by atoms with Gasteiger partial charge in [0.15, 0.2) is 12.2 Å². The Hall–Kier alpha value is -3.02. The van der Waals surface area contributed by atoms with Gasteiger partial charge in [-0.1, -0.05) is 50.2 Å². The van der Waals surface area contributed by atoms with E-state index in [-0.39, 0.29) is 17.9 Å². The maximum Gasteiger partial charge on any atom is 0.261 e. The van der Waals surface area contributed by atoms with Gasteiger partial charge in [-0.05, 0) is 56.9 Å². The molecule has 0 aliphatic carbocycles. The smallest absolute Gasteiger partial charge is 0.261 e. The molecule has 0 aromatic heterocycles. The summed E-state index contributed by atoms with van der Waals surface area (Å²) in [5.74, 6) is 1.00. The molecule has 31 heavy (non-hydrogen) atoms. The van der Waals surface area contributed by atoms with Gasteiger partial charge in [0.1, 0.15) is 11.5 Å². The van der Waals surface area contributed by atoms with Crippen molar-refractivity contribution in [2.24, 2.45) is 0 Å². The Labute approximate surface area is 185 Å². The normalized spacial score (nSPS) is 13.6. The topological polar surface area (TPSA) is 76.7 Å². The van der Waals surface area contributed by atoms with Crippen molar-refractivity contribution >= 4 is 11.8 Å². The largest absolute Gasteiger partial charge is 0.480 e. The van der Waals surface area contributed by atoms with Crippen molar-refractivity contribution in [3.63, 3.8) is 0 Å². The molecular weight excluding hydrogens is 392 g/mol. The van der Waals surface area contributed by atoms with Crippen LogP contribution in [0.1, 0.15) is 44.7 Å². The second-order valence-electron chi connectivity index (χ2n) is 7.72. The van der Waals surface area contributed by atoms with Gasteiger partial charge >= 0.3 is 0 Å². The van der Waals surface area contributed by atoms with Crippen molar-refractivity contribution in [3.8, 4) is 11.5 Å². The quantitative estimate of drug-likeness (QED) is 0.571. The van der Waals surface area contributed by atoms with Crippen molar-refractivity contribution in [3.05, 3.63) is 59.7 Å². The molecule has 6 heteroatoms. The Balaban J connectivity index is 1.85. The molecule has 0 fully saturated rings. The number of carbonyl (C=O) groups excluding carboxylic acids is 2. The minimum atomic E-state index is -0.591. The molecule has 168 valence electrons. The van der Waals surface area contributed by atoms with Crippen molar-refractivity contribution in [2.45, 2.75) is 65.7 Å². The lowest BCUT2D eigenvalue weighted by molar-refractivity contribution is -0.130. The average Bonchev–Trinajstić information content (AvgIpc) is 2.76. The third-order valence-corrected chi connectivity index (χ3v) is 5.02. The van der Waals surface area contributed by atoms with E-state index in [2.05, 4.69) is 10.6 Å². The summed E-state index contributed by atoms with van der Waals surface area (Å²) in [6, 6.07) is 15.0. The number of carbonyl (C=O) groups is 2. The zero-order chi connectivity index (χ0) is 22.8. The molecule has 6 nitrogen and oxygen atoms in total. The summed E-state index contributed by atoms with van der Waals surface area (Å²) in [5, 5.41) is 5.80. The van der Waals surface area contributed by atoms with E-state index in [9.17, 15) is 9.59 Å². The summed E-state index contributed by atoms with van der Waals surface area (Å²) in [5.41, 5.74) is 1.96. The van der Waals surface area contributed by atoms with E-state index in [4.69, 9.17) is 9.47 Å². The predicted molar refractivity (Wildman–Crippen MR) is 122 cm³/mol. The third-order valence-electron chi connectivity index (χ3n) is 5.02. The van der Waals surface area contributed by atoms with Crippen LogP contribution in [0.15, 0.2) is 48.5 Å². The number of aryl methyl sites for hydroxylation is 2. The maximum absolute atomic E-state index is 12.6. The van der Waals surface area contributed by atoms with Crippen molar-refractivity contribution in [1.82, 2.24) is 10.6 Å². The highest BCUT2D eigenvalue weighted by molar-refractivity contribution is 5.82. The van der Waals surface area contributed by atoms with Gasteiger partial charge < -0.3 is 20.1 Å². The molecule has 0 heterocycles. The van der Waals surface area contributed by atoms with Gasteiger partial charge in [-0.3, -0.25) is 9.59 Å². The fraction of sp³-hybridized carbons (Fsp3) is 0.440. The second kappa shape index (κ2) is 12.0. The van der Waals surface area contributed by atoms with Gasteiger partial charge in [0.2, 0.25) is 0 Å². The Bertz CT molecular complexity index is 868. The second-order valence-corrected chi connectivity index (χ2v) is 7.72. The lowest BCUT2D eigenvalue weighted by atomic mass is 10.2. The van der Waals surface area contributed by atoms with Gasteiger partial charge in [0.25, 0.3) is 11.8 Å². The van der Waals surface area contributed by atoms with Crippen LogP contribution in [-0.4, -0.2) is 36.6 Å². The monoisotopic (exact) mass is 426 g/mol. The van der Waals surface area contributed by atoms with Crippen LogP contribution in [0.4, 0.5) is 0 Å². The van der Waals surface area contributed by atoms with Gasteiger partial charge in [-0.2, -0.15) is 0 Å². The van der Waals surface area contributed by atoms with E-state index in [0.29, 0.717) is 30.9 Å². The molecule has 0 spiro atoms. The van der Waals surface area contributed by atoms with Gasteiger partial charge in [-0.25, -0.2) is 0 Å². The van der Waals surface area contributed by atoms with Crippen molar-refractivity contribution in [2.75, 3.05) is 6.54 Å². The number of amides is 2. The summed E-state index contributed by atoms with van der Waals surface area (Å²) >= 11 is 0. The Morgan fingerprint density at radius 1 is 0.806 bits per heavy atom. The minimum Gasteiger partial charge on any atom is -0.480 e. The molecule has 3 atom stereocenters. The summed E-state index contributed by atoms with van der Waals surface area (Å²) in [6.07, 6.45) is -0.0892. The predicted octanol–water partition coefficient (Wildman–Crippen LogP) is 3.94. The zero-order valence-corrected chi connectivity index (χ0v) is 19.1. The zero-order valence-electron chi connectivity index (χ0n) is 19.1. The lowest BCUT2D eigenvalue weighted by Gasteiger charge is -2.23. The standard InChI is InChI=1S/C25H34N2O4/c1-6-20(30-22-14-10-8-12-17(22)3)24(28)26-16-19(5)27-25(29)21(7-2)31-23-15-11-9-13-18(23)4/h8-15,19-21H,6-7,16H2,1-5H3,(H,26,28)(H,27,29). The molecule has 2 rings (SSSR count). The Morgan fingerprint density at radius 3 is 1.71 bits per heavy atom. The number of ether oxygens (including phenoxy) is 2. The number of nitrogens with one attached hydrogen (secondary N) is 2. The Kier molecular flexibility index (Phi) is 9.38. The van der Waals surface area contributed by atoms with Crippen LogP contribution >= 0.6 is 0 Å². The van der Waals surface area contributed by atoms with Crippen molar-refractivity contribution < 1.29 is 19.1 Å². The van der Waals surface area contributed by atoms with Crippen LogP contribution in [0.25, 0.3) is 0 Å². The van der Waals surface area contributed by atoms with Crippen LogP contribution in [0.5, 0.6) is 11.5 Å². The van der Waals surface area contributed by atoms with Crippen LogP contribution < -0.4 is 20.1 Å². The van der Waals surface area contributed by atoms with E-state index >= 15 is 0 Å². The average molecular weight is 427 g/mol. The first-order chi connectivity index (χ1) is 14.8. The number of para-hydroxylation sites is 2. The summed E-state index contributed by atoms with van der Waals surface area (Å²) < 4.78 is 11.8. The highest BCUT2D eigenvalue weighted by Gasteiger charge is 2.23. The summed E-state index contributed by atoms with van der Waals surface area (Å²) in [7, 11) is 0. The number of rotatable bonds is 11. The number of hydrogen-bond donors (Lipinski definition) is 2. The summed E-state index contributed by atoms with van der Waals surface area (Å²) in [4.78, 5) is 25.2. The molecule has 0 radical (unpaired) electrons. The fourth-order valence-corrected chi connectivity index (χ4v) is 3.08. The van der Waals surface area contributed by atoms with E-state index in [1.165, 1.54) is 0 Å². The van der Waals surface area contributed by atoms with Crippen LogP contribution in [-0.2, 0) is 9.59 Å². The molecule has 0 bridgehead atoms. The Morgan fingerprint density at radius 2 is 1.26 bits per heavy atom. The molecule has 0 aliphatic rings. The number of hydrogen-bond acceptors (Lipinski definition) is 4. The third kappa shape index (κ3) is 7.31. The molecule has 0 saturated heterocycles. The first kappa shape index (κ1) is 24.3. The van der Waals surface area contributed by atoms with E-state index in [0.717, 1.165) is 11.1 Å². The van der Waals surface area contributed by atoms with E-state index < -0.39 is 12.2 Å². The molecular formula is C25H34N2O4.